The number of aryl methyl sites for hydroxylation is 1. The third kappa shape index (κ3) is 2.97. The molecular weight excluding hydrogens is 362 g/mol. The number of hydrogen-bond acceptors (Lipinski definition) is 5. The predicted molar refractivity (Wildman–Crippen MR) is 105 cm³/mol. The number of nitrogens with zero attached hydrogens (tertiary/aromatic N) is 4. The second-order valence-electron chi connectivity index (χ2n) is 6.05. The molecule has 0 aliphatic carbocycles. The Morgan fingerprint density at radius 2 is 1.85 bits per heavy atom. The number of nitrogens with two attached hydrogens (primary N) is 1. The Kier molecular flexibility index (Phi) is 4.41. The van der Waals surface area contributed by atoms with Gasteiger partial charge in [0.1, 0.15) is 0 Å². The van der Waals surface area contributed by atoms with Crippen LogP contribution >= 0.6 is 11.8 Å². The second-order valence-corrected chi connectivity index (χ2v) is 6.99. The fourth-order valence-corrected chi connectivity index (χ4v) is 3.70. The molecule has 4 aromatic rings. The van der Waals surface area contributed by atoms with Gasteiger partial charge in [0.15, 0.2) is 5.16 Å². The molecule has 1 amide bonds. The lowest BCUT2D eigenvalue weighted by molar-refractivity contribution is -0.115. The third-order valence-electron chi connectivity index (χ3n) is 4.34. The standard InChI is InChI=1S/C19H17N5O2S/c1-2-12-7-9-13(10-8-12)23-17(26)14-5-3-4-6-15(14)24-18(23)21-22-19(24)27-11-16(20)25/h3-10H,2,11H2,1H3,(H2,20,25). The Balaban J connectivity index is 2.03. The molecule has 0 spiro atoms. The van der Waals surface area contributed by atoms with Gasteiger partial charge in [-0.05, 0) is 36.2 Å². The molecule has 8 heteroatoms. The molecule has 0 fully saturated rings. The highest BCUT2D eigenvalue weighted by atomic mass is 32.2. The highest BCUT2D eigenvalue weighted by molar-refractivity contribution is 7.99. The minimum atomic E-state index is -0.440. The van der Waals surface area contributed by atoms with Crippen LogP contribution in [0.25, 0.3) is 22.4 Å². The maximum atomic E-state index is 13.2. The lowest BCUT2D eigenvalue weighted by Gasteiger charge is -2.11. The quantitative estimate of drug-likeness (QED) is 0.536. The van der Waals surface area contributed by atoms with E-state index in [0.717, 1.165) is 6.42 Å². The average Bonchev–Trinajstić information content (AvgIpc) is 3.11. The maximum absolute atomic E-state index is 13.2. The number of benzene rings is 2. The number of rotatable bonds is 5. The van der Waals surface area contributed by atoms with E-state index in [9.17, 15) is 9.59 Å². The van der Waals surface area contributed by atoms with Gasteiger partial charge in [-0.25, -0.2) is 4.57 Å². The summed E-state index contributed by atoms with van der Waals surface area (Å²) in [6.45, 7) is 2.08. The van der Waals surface area contributed by atoms with Crippen LogP contribution in [0.5, 0.6) is 0 Å². The SMILES string of the molecule is CCc1ccc(-n2c(=O)c3ccccc3n3c(SCC(N)=O)nnc23)cc1. The van der Waals surface area contributed by atoms with Crippen LogP contribution in [0.2, 0.25) is 0 Å². The van der Waals surface area contributed by atoms with Gasteiger partial charge in [-0.2, -0.15) is 0 Å². The summed E-state index contributed by atoms with van der Waals surface area (Å²) in [6.07, 6.45) is 0.918. The van der Waals surface area contributed by atoms with Gasteiger partial charge in [-0.1, -0.05) is 43.0 Å². The molecule has 0 saturated heterocycles. The molecule has 0 aliphatic rings. The zero-order valence-corrected chi connectivity index (χ0v) is 15.4. The first-order valence-electron chi connectivity index (χ1n) is 8.49. The number of fused-ring (bicyclic) bond motifs is 3. The first-order valence-corrected chi connectivity index (χ1v) is 9.48. The van der Waals surface area contributed by atoms with E-state index in [0.29, 0.717) is 27.5 Å². The maximum Gasteiger partial charge on any atom is 0.267 e. The molecule has 2 aromatic heterocycles. The Hall–Kier alpha value is -3.13. The molecule has 2 aromatic carbocycles. The fraction of sp³-hybridized carbons (Fsp3) is 0.158. The average molecular weight is 379 g/mol. The van der Waals surface area contributed by atoms with Crippen LogP contribution < -0.4 is 11.3 Å². The van der Waals surface area contributed by atoms with Crippen LogP contribution in [-0.4, -0.2) is 30.8 Å². The van der Waals surface area contributed by atoms with E-state index in [4.69, 9.17) is 5.73 Å². The predicted octanol–water partition coefficient (Wildman–Crippen LogP) is 2.17. The summed E-state index contributed by atoms with van der Waals surface area (Å²) in [6, 6.07) is 15.1. The first-order chi connectivity index (χ1) is 13.1. The number of aromatic nitrogens is 4. The van der Waals surface area contributed by atoms with Gasteiger partial charge >= 0.3 is 0 Å². The molecule has 136 valence electrons. The number of carbonyl (C=O) groups is 1. The number of hydrogen-bond donors (Lipinski definition) is 1. The normalized spacial score (nSPS) is 11.3. The van der Waals surface area contributed by atoms with Crippen molar-refractivity contribution >= 4 is 34.3 Å². The number of carbonyl (C=O) groups excluding carboxylic acids is 1. The number of thioether (sulfide) groups is 1. The van der Waals surface area contributed by atoms with Gasteiger partial charge in [-0.15, -0.1) is 10.2 Å². The smallest absolute Gasteiger partial charge is 0.267 e. The van der Waals surface area contributed by atoms with Crippen molar-refractivity contribution < 1.29 is 4.79 Å². The van der Waals surface area contributed by atoms with Crippen LogP contribution in [0.3, 0.4) is 0 Å². The lowest BCUT2D eigenvalue weighted by atomic mass is 10.1. The number of amides is 1. The van der Waals surface area contributed by atoms with Crippen LogP contribution in [0.4, 0.5) is 0 Å². The van der Waals surface area contributed by atoms with E-state index >= 15 is 0 Å². The summed E-state index contributed by atoms with van der Waals surface area (Å²) < 4.78 is 3.33. The van der Waals surface area contributed by atoms with Crippen molar-refractivity contribution in [2.45, 2.75) is 18.5 Å². The molecule has 2 N–H and O–H groups in total. The molecule has 0 atom stereocenters. The van der Waals surface area contributed by atoms with Crippen molar-refractivity contribution in [2.75, 3.05) is 5.75 Å². The summed E-state index contributed by atoms with van der Waals surface area (Å²) in [5.41, 5.74) is 7.69. The van der Waals surface area contributed by atoms with Crippen molar-refractivity contribution in [2.24, 2.45) is 5.73 Å². The van der Waals surface area contributed by atoms with Gasteiger partial charge in [0.25, 0.3) is 5.56 Å². The van der Waals surface area contributed by atoms with Crippen molar-refractivity contribution in [1.82, 2.24) is 19.2 Å². The summed E-state index contributed by atoms with van der Waals surface area (Å²) in [5.74, 6) is 0.0406. The van der Waals surface area contributed by atoms with E-state index in [1.807, 2.05) is 42.5 Å². The van der Waals surface area contributed by atoms with Gasteiger partial charge < -0.3 is 5.73 Å². The zero-order chi connectivity index (χ0) is 19.0. The molecule has 2 heterocycles. The summed E-state index contributed by atoms with van der Waals surface area (Å²) >= 11 is 1.19. The Morgan fingerprint density at radius 1 is 1.11 bits per heavy atom. The van der Waals surface area contributed by atoms with Crippen LogP contribution in [0.15, 0.2) is 58.5 Å². The summed E-state index contributed by atoms with van der Waals surface area (Å²) in [7, 11) is 0. The molecule has 0 aliphatic heterocycles. The summed E-state index contributed by atoms with van der Waals surface area (Å²) in [4.78, 5) is 24.4. The Morgan fingerprint density at radius 3 is 2.56 bits per heavy atom. The minimum Gasteiger partial charge on any atom is -0.369 e. The van der Waals surface area contributed by atoms with Crippen molar-refractivity contribution in [3.05, 3.63) is 64.4 Å². The molecule has 0 unspecified atom stereocenters. The molecule has 27 heavy (non-hydrogen) atoms. The monoisotopic (exact) mass is 379 g/mol. The summed E-state index contributed by atoms with van der Waals surface area (Å²) in [5, 5.41) is 9.48. The van der Waals surface area contributed by atoms with E-state index < -0.39 is 5.91 Å². The minimum absolute atomic E-state index is 0.0828. The van der Waals surface area contributed by atoms with Crippen LogP contribution in [0, 0.1) is 0 Å². The van der Waals surface area contributed by atoms with Crippen LogP contribution in [-0.2, 0) is 11.2 Å². The fourth-order valence-electron chi connectivity index (χ4n) is 3.02. The van der Waals surface area contributed by atoms with Gasteiger partial charge in [0, 0.05) is 0 Å². The lowest BCUT2D eigenvalue weighted by Crippen LogP contribution is -2.22. The molecular formula is C19H17N5O2S. The van der Waals surface area contributed by atoms with Crippen molar-refractivity contribution in [1.29, 1.82) is 0 Å². The largest absolute Gasteiger partial charge is 0.369 e. The number of primary amides is 1. The molecule has 4 rings (SSSR count). The Labute approximate surface area is 158 Å². The van der Waals surface area contributed by atoms with E-state index in [1.165, 1.54) is 17.3 Å². The van der Waals surface area contributed by atoms with Gasteiger partial charge in [0.05, 0.1) is 22.3 Å². The highest BCUT2D eigenvalue weighted by Gasteiger charge is 2.18. The molecule has 0 radical (unpaired) electrons. The molecule has 7 nitrogen and oxygen atoms in total. The van der Waals surface area contributed by atoms with E-state index in [2.05, 4.69) is 17.1 Å². The van der Waals surface area contributed by atoms with Crippen molar-refractivity contribution in [3.8, 4) is 5.69 Å². The first kappa shape index (κ1) is 17.3. The van der Waals surface area contributed by atoms with Gasteiger partial charge in [-0.3, -0.25) is 14.0 Å². The zero-order valence-electron chi connectivity index (χ0n) is 14.6. The van der Waals surface area contributed by atoms with Gasteiger partial charge in [0.2, 0.25) is 11.7 Å². The number of para-hydroxylation sites is 1. The highest BCUT2D eigenvalue weighted by Crippen LogP contribution is 2.23. The van der Waals surface area contributed by atoms with Crippen molar-refractivity contribution in [3.63, 3.8) is 0 Å². The third-order valence-corrected chi connectivity index (χ3v) is 5.29. The Bertz CT molecular complexity index is 1210. The molecule has 0 saturated carbocycles. The van der Waals surface area contributed by atoms with E-state index in [-0.39, 0.29) is 11.3 Å². The second kappa shape index (κ2) is 6.88. The van der Waals surface area contributed by atoms with Crippen LogP contribution in [0.1, 0.15) is 12.5 Å². The topological polar surface area (TPSA) is 95.3 Å². The van der Waals surface area contributed by atoms with E-state index in [1.54, 1.807) is 15.0 Å². The molecule has 0 bridgehead atoms.